The lowest BCUT2D eigenvalue weighted by Gasteiger charge is -2.05. The molecular weight excluding hydrogens is 304 g/mol. The summed E-state index contributed by atoms with van der Waals surface area (Å²) in [6.07, 6.45) is 5.36. The molecule has 6 heteroatoms. The molecule has 0 fully saturated rings. The van der Waals surface area contributed by atoms with E-state index in [1.807, 2.05) is 53.2 Å². The minimum atomic E-state index is 0.259. The van der Waals surface area contributed by atoms with Crippen LogP contribution in [0, 0.1) is 0 Å². The molecule has 0 atom stereocenters. The van der Waals surface area contributed by atoms with Crippen molar-refractivity contribution in [1.29, 1.82) is 0 Å². The van der Waals surface area contributed by atoms with Crippen molar-refractivity contribution in [3.05, 3.63) is 61.1 Å². The van der Waals surface area contributed by atoms with E-state index in [0.717, 1.165) is 39.7 Å². The Morgan fingerprint density at radius 3 is 2.79 bits per heavy atom. The average molecular weight is 316 g/mol. The van der Waals surface area contributed by atoms with E-state index in [1.54, 1.807) is 12.4 Å². The monoisotopic (exact) mass is 316 g/mol. The molecule has 0 amide bonds. The van der Waals surface area contributed by atoms with Crippen molar-refractivity contribution in [2.45, 2.75) is 0 Å². The second kappa shape index (κ2) is 5.06. The molecule has 0 bridgehead atoms. The lowest BCUT2D eigenvalue weighted by Crippen LogP contribution is -1.97. The first-order valence-electron chi connectivity index (χ1n) is 7.54. The van der Waals surface area contributed by atoms with Gasteiger partial charge in [-0.05, 0) is 42.5 Å². The maximum atomic E-state index is 5.46. The van der Waals surface area contributed by atoms with E-state index in [2.05, 4.69) is 9.97 Å². The van der Waals surface area contributed by atoms with Crippen molar-refractivity contribution in [2.75, 3.05) is 6.79 Å². The number of nitrogens with zero attached hydrogens (tertiary/aromatic N) is 4. The maximum absolute atomic E-state index is 5.46. The highest BCUT2D eigenvalue weighted by atomic mass is 16.7. The van der Waals surface area contributed by atoms with Gasteiger partial charge in [-0.3, -0.25) is 4.98 Å². The van der Waals surface area contributed by atoms with Gasteiger partial charge in [0.15, 0.2) is 17.1 Å². The summed E-state index contributed by atoms with van der Waals surface area (Å²) in [5, 5.41) is 4.72. The minimum absolute atomic E-state index is 0.259. The molecule has 0 radical (unpaired) electrons. The SMILES string of the molecule is c1cncc(-c2ccc3ncc(-c4ccc5c(c4)OCO5)n3n2)c1. The molecule has 0 unspecified atom stereocenters. The number of ether oxygens (including phenoxy) is 2. The third-order valence-corrected chi connectivity index (χ3v) is 3.99. The van der Waals surface area contributed by atoms with E-state index < -0.39 is 0 Å². The van der Waals surface area contributed by atoms with Gasteiger partial charge in [-0.25, -0.2) is 9.50 Å². The van der Waals surface area contributed by atoms with Crippen LogP contribution in [-0.2, 0) is 0 Å². The number of fused-ring (bicyclic) bond motifs is 2. The first-order valence-corrected chi connectivity index (χ1v) is 7.54. The van der Waals surface area contributed by atoms with Gasteiger partial charge < -0.3 is 9.47 Å². The van der Waals surface area contributed by atoms with Gasteiger partial charge in [-0.15, -0.1) is 0 Å². The van der Waals surface area contributed by atoms with Crippen molar-refractivity contribution in [2.24, 2.45) is 0 Å². The highest BCUT2D eigenvalue weighted by Gasteiger charge is 2.16. The van der Waals surface area contributed by atoms with E-state index >= 15 is 0 Å². The molecule has 0 N–H and O–H groups in total. The zero-order chi connectivity index (χ0) is 15.9. The molecule has 4 heterocycles. The smallest absolute Gasteiger partial charge is 0.231 e. The number of pyridine rings is 1. The summed E-state index contributed by atoms with van der Waals surface area (Å²) < 4.78 is 12.7. The highest BCUT2D eigenvalue weighted by Crippen LogP contribution is 2.36. The van der Waals surface area contributed by atoms with Crippen molar-refractivity contribution >= 4 is 5.65 Å². The van der Waals surface area contributed by atoms with E-state index in [-0.39, 0.29) is 6.79 Å². The second-order valence-electron chi connectivity index (χ2n) is 5.44. The topological polar surface area (TPSA) is 61.5 Å². The molecule has 116 valence electrons. The van der Waals surface area contributed by atoms with Gasteiger partial charge in [-0.1, -0.05) is 0 Å². The molecular formula is C18H12N4O2. The van der Waals surface area contributed by atoms with Gasteiger partial charge in [0.05, 0.1) is 17.6 Å². The summed E-state index contributed by atoms with van der Waals surface area (Å²) in [5.74, 6) is 1.50. The van der Waals surface area contributed by atoms with Crippen molar-refractivity contribution in [3.63, 3.8) is 0 Å². The van der Waals surface area contributed by atoms with Crippen LogP contribution in [0.5, 0.6) is 11.5 Å². The molecule has 1 aliphatic heterocycles. The standard InChI is InChI=1S/C18H12N4O2/c1-2-13(9-19-7-1)14-4-6-18-20-10-15(22(18)21-14)12-3-5-16-17(8-12)24-11-23-16/h1-10H,11H2. The highest BCUT2D eigenvalue weighted by molar-refractivity contribution is 5.68. The van der Waals surface area contributed by atoms with Gasteiger partial charge >= 0.3 is 0 Å². The van der Waals surface area contributed by atoms with Crippen molar-refractivity contribution in [3.8, 4) is 34.0 Å². The first kappa shape index (κ1) is 13.1. The van der Waals surface area contributed by atoms with E-state index in [1.165, 1.54) is 0 Å². The van der Waals surface area contributed by atoms with Gasteiger partial charge in [0.1, 0.15) is 0 Å². The number of aromatic nitrogens is 4. The van der Waals surface area contributed by atoms with Crippen LogP contribution in [0.15, 0.2) is 61.1 Å². The molecule has 4 aromatic rings. The van der Waals surface area contributed by atoms with Gasteiger partial charge in [-0.2, -0.15) is 5.10 Å². The summed E-state index contributed by atoms with van der Waals surface area (Å²) in [5.41, 5.74) is 4.47. The normalized spacial score (nSPS) is 12.7. The van der Waals surface area contributed by atoms with Crippen LogP contribution < -0.4 is 9.47 Å². The van der Waals surface area contributed by atoms with Crippen LogP contribution >= 0.6 is 0 Å². The third kappa shape index (κ3) is 2.00. The lowest BCUT2D eigenvalue weighted by atomic mass is 10.1. The predicted octanol–water partition coefficient (Wildman–Crippen LogP) is 3.19. The Balaban J connectivity index is 1.66. The largest absolute Gasteiger partial charge is 0.454 e. The summed E-state index contributed by atoms with van der Waals surface area (Å²) in [4.78, 5) is 8.59. The summed E-state index contributed by atoms with van der Waals surface area (Å²) in [6, 6.07) is 13.6. The van der Waals surface area contributed by atoms with Crippen LogP contribution in [0.3, 0.4) is 0 Å². The van der Waals surface area contributed by atoms with Crippen LogP contribution in [0.25, 0.3) is 28.2 Å². The fraction of sp³-hybridized carbons (Fsp3) is 0.0556. The average Bonchev–Trinajstić information content (AvgIpc) is 3.27. The number of imidazole rings is 1. The molecule has 5 rings (SSSR count). The quantitative estimate of drug-likeness (QED) is 0.568. The fourth-order valence-electron chi connectivity index (χ4n) is 2.79. The summed E-state index contributed by atoms with van der Waals surface area (Å²) in [6.45, 7) is 0.259. The molecule has 6 nitrogen and oxygen atoms in total. The van der Waals surface area contributed by atoms with Crippen LogP contribution in [0.2, 0.25) is 0 Å². The molecule has 0 spiro atoms. The first-order chi connectivity index (χ1) is 11.9. The number of hydrogen-bond acceptors (Lipinski definition) is 5. The Kier molecular flexibility index (Phi) is 2.75. The van der Waals surface area contributed by atoms with Crippen LogP contribution in [-0.4, -0.2) is 26.4 Å². The van der Waals surface area contributed by atoms with Gasteiger partial charge in [0.2, 0.25) is 6.79 Å². The van der Waals surface area contributed by atoms with Crippen LogP contribution in [0.4, 0.5) is 0 Å². The Morgan fingerprint density at radius 2 is 1.88 bits per heavy atom. The van der Waals surface area contributed by atoms with Crippen LogP contribution in [0.1, 0.15) is 0 Å². The van der Waals surface area contributed by atoms with Crippen molar-refractivity contribution < 1.29 is 9.47 Å². The number of rotatable bonds is 2. The molecule has 24 heavy (non-hydrogen) atoms. The second-order valence-corrected chi connectivity index (χ2v) is 5.44. The number of benzene rings is 1. The Morgan fingerprint density at radius 1 is 0.917 bits per heavy atom. The number of hydrogen-bond donors (Lipinski definition) is 0. The van der Waals surface area contributed by atoms with Gasteiger partial charge in [0.25, 0.3) is 0 Å². The summed E-state index contributed by atoms with van der Waals surface area (Å²) >= 11 is 0. The predicted molar refractivity (Wildman–Crippen MR) is 87.8 cm³/mol. The zero-order valence-corrected chi connectivity index (χ0v) is 12.6. The summed E-state index contributed by atoms with van der Waals surface area (Å²) in [7, 11) is 0. The maximum Gasteiger partial charge on any atom is 0.231 e. The van der Waals surface area contributed by atoms with E-state index in [4.69, 9.17) is 14.6 Å². The van der Waals surface area contributed by atoms with Crippen molar-refractivity contribution in [1.82, 2.24) is 19.6 Å². The Bertz CT molecular complexity index is 1040. The molecule has 0 saturated carbocycles. The van der Waals surface area contributed by atoms with E-state index in [9.17, 15) is 0 Å². The zero-order valence-electron chi connectivity index (χ0n) is 12.6. The molecule has 0 aliphatic carbocycles. The Labute approximate surface area is 137 Å². The Hall–Kier alpha value is -3.41. The lowest BCUT2D eigenvalue weighted by molar-refractivity contribution is 0.174. The van der Waals surface area contributed by atoms with E-state index in [0.29, 0.717) is 0 Å². The molecule has 1 aliphatic rings. The molecule has 1 aromatic carbocycles. The fourth-order valence-corrected chi connectivity index (χ4v) is 2.79. The molecule has 3 aromatic heterocycles. The third-order valence-electron chi connectivity index (χ3n) is 3.99. The minimum Gasteiger partial charge on any atom is -0.454 e. The van der Waals surface area contributed by atoms with Gasteiger partial charge in [0, 0.05) is 23.5 Å². The molecule has 0 saturated heterocycles.